The molecule has 0 saturated carbocycles. The summed E-state index contributed by atoms with van der Waals surface area (Å²) in [7, 11) is -0.276. The molecule has 3 heterocycles. The third kappa shape index (κ3) is 7.10. The molecule has 176 valence electrons. The SMILES string of the molecule is CN(C)S(=O)(=O)N1CCC[C@]2(C[C@H](OCc3cccnc3)CO2)C1.O=C(O)C(F)(F)F. The first-order valence-corrected chi connectivity index (χ1v) is 10.9. The van der Waals surface area contributed by atoms with Crippen LogP contribution < -0.4 is 0 Å². The van der Waals surface area contributed by atoms with Crippen LogP contribution in [0.5, 0.6) is 0 Å². The summed E-state index contributed by atoms with van der Waals surface area (Å²) < 4.78 is 71.2. The molecular weight excluding hydrogens is 443 g/mol. The van der Waals surface area contributed by atoms with Gasteiger partial charge in [0.2, 0.25) is 0 Å². The molecule has 2 aliphatic heterocycles. The molecule has 1 N–H and O–H groups in total. The van der Waals surface area contributed by atoms with E-state index in [4.69, 9.17) is 19.4 Å². The van der Waals surface area contributed by atoms with Crippen LogP contribution in [0.1, 0.15) is 24.8 Å². The summed E-state index contributed by atoms with van der Waals surface area (Å²) >= 11 is 0. The number of aliphatic carboxylic acids is 1. The highest BCUT2D eigenvalue weighted by atomic mass is 32.2. The predicted octanol–water partition coefficient (Wildman–Crippen LogP) is 1.66. The second-order valence-electron chi connectivity index (χ2n) is 7.52. The Hall–Kier alpha value is -1.80. The lowest BCUT2D eigenvalue weighted by Crippen LogP contribution is -2.52. The van der Waals surface area contributed by atoms with E-state index in [1.807, 2.05) is 12.1 Å². The molecule has 1 aromatic rings. The van der Waals surface area contributed by atoms with Gasteiger partial charge >= 0.3 is 12.1 Å². The topological polar surface area (TPSA) is 109 Å². The van der Waals surface area contributed by atoms with Crippen molar-refractivity contribution < 1.29 is 41.0 Å². The summed E-state index contributed by atoms with van der Waals surface area (Å²) in [5, 5.41) is 7.12. The van der Waals surface area contributed by atoms with Gasteiger partial charge in [0.25, 0.3) is 10.2 Å². The number of piperidine rings is 1. The molecule has 3 rings (SSSR count). The first kappa shape index (κ1) is 25.5. The number of hydrogen-bond acceptors (Lipinski definition) is 6. The van der Waals surface area contributed by atoms with Crippen LogP contribution in [0, 0.1) is 0 Å². The second kappa shape index (κ2) is 10.2. The van der Waals surface area contributed by atoms with Crippen LogP contribution in [0.2, 0.25) is 0 Å². The fraction of sp³-hybridized carbons (Fsp3) is 0.667. The molecule has 0 bridgehead atoms. The van der Waals surface area contributed by atoms with Crippen LogP contribution in [0.3, 0.4) is 0 Å². The number of rotatable bonds is 5. The van der Waals surface area contributed by atoms with Crippen molar-refractivity contribution in [2.75, 3.05) is 33.8 Å². The van der Waals surface area contributed by atoms with E-state index in [0.717, 1.165) is 24.8 Å². The number of ether oxygens (including phenoxy) is 2. The first-order chi connectivity index (χ1) is 14.4. The number of halogens is 3. The lowest BCUT2D eigenvalue weighted by Gasteiger charge is -2.39. The lowest BCUT2D eigenvalue weighted by molar-refractivity contribution is -0.192. The number of carboxylic acids is 1. The highest BCUT2D eigenvalue weighted by molar-refractivity contribution is 7.86. The Kier molecular flexibility index (Phi) is 8.39. The van der Waals surface area contributed by atoms with Crippen LogP contribution in [-0.4, -0.2) is 84.8 Å². The number of nitrogens with zero attached hydrogens (tertiary/aromatic N) is 3. The van der Waals surface area contributed by atoms with E-state index in [1.54, 1.807) is 26.5 Å². The van der Waals surface area contributed by atoms with Gasteiger partial charge < -0.3 is 14.6 Å². The van der Waals surface area contributed by atoms with Crippen molar-refractivity contribution in [2.45, 2.75) is 43.8 Å². The van der Waals surface area contributed by atoms with Crippen molar-refractivity contribution >= 4 is 16.2 Å². The van der Waals surface area contributed by atoms with E-state index in [1.165, 1.54) is 8.61 Å². The monoisotopic (exact) mass is 469 g/mol. The molecule has 13 heteroatoms. The van der Waals surface area contributed by atoms with Gasteiger partial charge in [-0.25, -0.2) is 4.79 Å². The molecule has 1 spiro atoms. The molecular formula is C18H26F3N3O6S. The Labute approximate surface area is 178 Å². The first-order valence-electron chi connectivity index (χ1n) is 9.48. The Morgan fingerprint density at radius 3 is 2.68 bits per heavy atom. The zero-order chi connectivity index (χ0) is 23.3. The van der Waals surface area contributed by atoms with E-state index in [-0.39, 0.29) is 6.10 Å². The molecule has 0 aliphatic carbocycles. The van der Waals surface area contributed by atoms with Crippen LogP contribution >= 0.6 is 0 Å². The summed E-state index contributed by atoms with van der Waals surface area (Å²) in [6.45, 7) is 1.96. The van der Waals surface area contributed by atoms with Gasteiger partial charge in [0.05, 0.1) is 24.9 Å². The lowest BCUT2D eigenvalue weighted by atomic mass is 9.90. The Morgan fingerprint density at radius 2 is 2.13 bits per heavy atom. The maximum atomic E-state index is 12.4. The third-order valence-corrected chi connectivity index (χ3v) is 6.81. The second-order valence-corrected chi connectivity index (χ2v) is 9.66. The third-order valence-electron chi connectivity index (χ3n) is 4.92. The van der Waals surface area contributed by atoms with Gasteiger partial charge in [0.1, 0.15) is 0 Å². The Bertz CT molecular complexity index is 838. The van der Waals surface area contributed by atoms with Crippen molar-refractivity contribution in [3.05, 3.63) is 30.1 Å². The summed E-state index contributed by atoms with van der Waals surface area (Å²) in [4.78, 5) is 13.0. The molecule has 0 radical (unpaired) electrons. The Balaban J connectivity index is 0.000000423. The number of pyridine rings is 1. The van der Waals surface area contributed by atoms with Crippen LogP contribution in [-0.2, 0) is 31.1 Å². The highest BCUT2D eigenvalue weighted by Crippen LogP contribution is 2.37. The fourth-order valence-electron chi connectivity index (χ4n) is 3.38. The zero-order valence-electron chi connectivity index (χ0n) is 17.2. The van der Waals surface area contributed by atoms with Gasteiger partial charge in [-0.1, -0.05) is 6.07 Å². The van der Waals surface area contributed by atoms with Gasteiger partial charge in [-0.3, -0.25) is 4.98 Å². The zero-order valence-corrected chi connectivity index (χ0v) is 18.0. The highest BCUT2D eigenvalue weighted by Gasteiger charge is 2.46. The maximum Gasteiger partial charge on any atom is 0.490 e. The Morgan fingerprint density at radius 1 is 1.45 bits per heavy atom. The minimum Gasteiger partial charge on any atom is -0.475 e. The quantitative estimate of drug-likeness (QED) is 0.699. The van der Waals surface area contributed by atoms with E-state index in [2.05, 4.69) is 4.98 Å². The molecule has 2 aliphatic rings. The predicted molar refractivity (Wildman–Crippen MR) is 103 cm³/mol. The van der Waals surface area contributed by atoms with Crippen molar-refractivity contribution in [3.8, 4) is 0 Å². The standard InChI is InChI=1S/C16H25N3O4S.C2HF3O2/c1-18(2)24(20,21)19-8-4-6-16(13-19)9-15(12-23-16)22-11-14-5-3-7-17-10-14;3-2(4,5)1(6)7/h3,5,7,10,15H,4,6,8-9,11-13H2,1-2H3;(H,6,7)/t15-,16-;/m0./s1. The number of hydrogen-bond donors (Lipinski definition) is 1. The van der Waals surface area contributed by atoms with Crippen molar-refractivity contribution in [3.63, 3.8) is 0 Å². The smallest absolute Gasteiger partial charge is 0.475 e. The van der Waals surface area contributed by atoms with Gasteiger partial charge in [0, 0.05) is 46.0 Å². The van der Waals surface area contributed by atoms with Crippen molar-refractivity contribution in [1.29, 1.82) is 0 Å². The normalized spacial score (nSPS) is 24.8. The van der Waals surface area contributed by atoms with Crippen LogP contribution in [0.4, 0.5) is 13.2 Å². The number of carbonyl (C=O) groups is 1. The molecule has 31 heavy (non-hydrogen) atoms. The van der Waals surface area contributed by atoms with E-state index < -0.39 is 28.0 Å². The number of aromatic nitrogens is 1. The van der Waals surface area contributed by atoms with Crippen molar-refractivity contribution in [1.82, 2.24) is 13.6 Å². The fourth-order valence-corrected chi connectivity index (χ4v) is 4.60. The summed E-state index contributed by atoms with van der Waals surface area (Å²) in [6, 6.07) is 3.86. The number of carboxylic acid groups (broad SMARTS) is 1. The maximum absolute atomic E-state index is 12.4. The van der Waals surface area contributed by atoms with E-state index in [0.29, 0.717) is 26.3 Å². The molecule has 0 aromatic carbocycles. The van der Waals surface area contributed by atoms with E-state index in [9.17, 15) is 21.6 Å². The van der Waals surface area contributed by atoms with Gasteiger partial charge in [-0.2, -0.15) is 30.2 Å². The van der Waals surface area contributed by atoms with Gasteiger partial charge in [-0.05, 0) is 24.5 Å². The molecule has 1 aromatic heterocycles. The van der Waals surface area contributed by atoms with Crippen molar-refractivity contribution in [2.24, 2.45) is 0 Å². The minimum atomic E-state index is -5.08. The number of alkyl halides is 3. The van der Waals surface area contributed by atoms with Gasteiger partial charge in [-0.15, -0.1) is 0 Å². The largest absolute Gasteiger partial charge is 0.490 e. The molecule has 2 saturated heterocycles. The van der Waals surface area contributed by atoms with Gasteiger partial charge in [0.15, 0.2) is 0 Å². The molecule has 2 fully saturated rings. The minimum absolute atomic E-state index is 0.00721. The van der Waals surface area contributed by atoms with Crippen LogP contribution in [0.15, 0.2) is 24.5 Å². The average molecular weight is 469 g/mol. The summed E-state index contributed by atoms with van der Waals surface area (Å²) in [5.41, 5.74) is 0.611. The summed E-state index contributed by atoms with van der Waals surface area (Å²) in [6.07, 6.45) is 0.845. The molecule has 2 atom stereocenters. The molecule has 9 nitrogen and oxygen atoms in total. The molecule has 0 unspecified atom stereocenters. The molecule has 0 amide bonds. The average Bonchev–Trinajstić information content (AvgIpc) is 3.09. The van der Waals surface area contributed by atoms with Crippen LogP contribution in [0.25, 0.3) is 0 Å². The van der Waals surface area contributed by atoms with E-state index >= 15 is 0 Å². The summed E-state index contributed by atoms with van der Waals surface area (Å²) in [5.74, 6) is -2.76.